The molecule has 0 radical (unpaired) electrons. The van der Waals surface area contributed by atoms with Crippen LogP contribution in [0.3, 0.4) is 0 Å². The Balaban J connectivity index is 2.07. The van der Waals surface area contributed by atoms with Crippen molar-refractivity contribution in [1.82, 2.24) is 4.90 Å². The average Bonchev–Trinajstić information content (AvgIpc) is 2.44. The number of piperidine rings is 1. The predicted molar refractivity (Wildman–Crippen MR) is 98.4 cm³/mol. The summed E-state index contributed by atoms with van der Waals surface area (Å²) in [6.07, 6.45) is 1.75. The molecule has 1 aromatic rings. The fourth-order valence-corrected chi connectivity index (χ4v) is 3.64. The van der Waals surface area contributed by atoms with Crippen molar-refractivity contribution in [2.45, 2.75) is 45.3 Å². The second-order valence-electron chi connectivity index (χ2n) is 6.93. The van der Waals surface area contributed by atoms with E-state index in [0.717, 1.165) is 36.1 Å². The summed E-state index contributed by atoms with van der Waals surface area (Å²) < 4.78 is 6.45. The Morgan fingerprint density at radius 1 is 1.43 bits per heavy atom. The maximum absolute atomic E-state index is 12.3. The summed E-state index contributed by atoms with van der Waals surface area (Å²) in [6.45, 7) is 7.42. The number of carbonyl (C=O) groups excluding carboxylic acids is 1. The zero-order valence-corrected chi connectivity index (χ0v) is 16.4. The van der Waals surface area contributed by atoms with E-state index in [9.17, 15) is 4.79 Å². The largest absolute Gasteiger partial charge is 0.444 e. The molecule has 0 aliphatic carbocycles. The first-order chi connectivity index (χ1) is 10.7. The van der Waals surface area contributed by atoms with Crippen LogP contribution in [0.1, 0.15) is 33.6 Å². The van der Waals surface area contributed by atoms with Crippen molar-refractivity contribution >= 4 is 39.3 Å². The van der Waals surface area contributed by atoms with Gasteiger partial charge in [-0.2, -0.15) is 0 Å². The number of benzene rings is 1. The van der Waals surface area contributed by atoms with E-state index < -0.39 is 5.60 Å². The van der Waals surface area contributed by atoms with Crippen LogP contribution in [0.15, 0.2) is 22.7 Å². The molecule has 1 aliphatic rings. The molecule has 23 heavy (non-hydrogen) atoms. The van der Waals surface area contributed by atoms with E-state index in [4.69, 9.17) is 16.3 Å². The fourth-order valence-electron chi connectivity index (χ4n) is 2.71. The lowest BCUT2D eigenvalue weighted by molar-refractivity contribution is 0.0210. The van der Waals surface area contributed by atoms with Gasteiger partial charge in [-0.25, -0.2) is 4.79 Å². The number of likely N-dealkylation sites (N-methyl/N-ethyl adjacent to an activating group) is 1. The van der Waals surface area contributed by atoms with E-state index in [-0.39, 0.29) is 12.1 Å². The van der Waals surface area contributed by atoms with Gasteiger partial charge in [0, 0.05) is 29.6 Å². The molecule has 0 saturated carbocycles. The van der Waals surface area contributed by atoms with Crippen molar-refractivity contribution in [3.05, 3.63) is 27.7 Å². The Labute approximate surface area is 151 Å². The number of ether oxygens (including phenoxy) is 1. The standard InChI is InChI=1S/C17H24BrClN2O2/c1-17(2,3)23-16(22)20(4)13-6-5-9-21(11-13)15-8-7-12(19)10-14(15)18/h7-8,10,13H,5-6,9,11H2,1-4H3/t13-/m0/s1. The quantitative estimate of drug-likeness (QED) is 0.701. The molecule has 1 fully saturated rings. The molecule has 4 nitrogen and oxygen atoms in total. The molecule has 128 valence electrons. The number of halogens is 2. The van der Waals surface area contributed by atoms with E-state index in [1.807, 2.05) is 46.0 Å². The number of rotatable bonds is 2. The van der Waals surface area contributed by atoms with E-state index in [2.05, 4.69) is 20.8 Å². The Bertz CT molecular complexity index is 574. The van der Waals surface area contributed by atoms with Crippen molar-refractivity contribution < 1.29 is 9.53 Å². The lowest BCUT2D eigenvalue weighted by Crippen LogP contribution is -2.49. The molecule has 1 aliphatic heterocycles. The fraction of sp³-hybridized carbons (Fsp3) is 0.588. The molecule has 0 aromatic heterocycles. The monoisotopic (exact) mass is 402 g/mol. The van der Waals surface area contributed by atoms with Crippen LogP contribution < -0.4 is 4.90 Å². The molecule has 1 heterocycles. The van der Waals surface area contributed by atoms with Crippen molar-refractivity contribution in [3.8, 4) is 0 Å². The first-order valence-electron chi connectivity index (χ1n) is 7.83. The summed E-state index contributed by atoms with van der Waals surface area (Å²) in [4.78, 5) is 16.3. The van der Waals surface area contributed by atoms with Gasteiger partial charge in [0.25, 0.3) is 0 Å². The predicted octanol–water partition coefficient (Wildman–Crippen LogP) is 4.94. The molecule has 2 rings (SSSR count). The number of hydrogen-bond acceptors (Lipinski definition) is 3. The maximum atomic E-state index is 12.3. The normalized spacial score (nSPS) is 18.7. The topological polar surface area (TPSA) is 32.8 Å². The molecular formula is C17H24BrClN2O2. The minimum absolute atomic E-state index is 0.140. The SMILES string of the molecule is CN(C(=O)OC(C)(C)C)[C@H]1CCCN(c2ccc(Cl)cc2Br)C1. The molecule has 1 aromatic carbocycles. The lowest BCUT2D eigenvalue weighted by atomic mass is 10.0. The van der Waals surface area contributed by atoms with E-state index in [1.54, 1.807) is 4.90 Å². The minimum atomic E-state index is -0.473. The molecular weight excluding hydrogens is 380 g/mol. The first kappa shape index (κ1) is 18.4. The smallest absolute Gasteiger partial charge is 0.410 e. The zero-order chi connectivity index (χ0) is 17.2. The van der Waals surface area contributed by atoms with Gasteiger partial charge in [-0.05, 0) is 67.7 Å². The first-order valence-corrected chi connectivity index (χ1v) is 9.00. The maximum Gasteiger partial charge on any atom is 0.410 e. The number of nitrogens with zero attached hydrogens (tertiary/aromatic N) is 2. The molecule has 1 amide bonds. The van der Waals surface area contributed by atoms with Gasteiger partial charge in [0.2, 0.25) is 0 Å². The summed E-state index contributed by atoms with van der Waals surface area (Å²) in [6, 6.07) is 5.95. The van der Waals surface area contributed by atoms with Crippen LogP contribution in [0, 0.1) is 0 Å². The number of hydrogen-bond donors (Lipinski definition) is 0. The third kappa shape index (κ3) is 5.01. The van der Waals surface area contributed by atoms with Crippen LogP contribution in [0.25, 0.3) is 0 Å². The lowest BCUT2D eigenvalue weighted by Gasteiger charge is -2.39. The third-order valence-electron chi connectivity index (χ3n) is 3.88. The van der Waals surface area contributed by atoms with Crippen molar-refractivity contribution in [3.63, 3.8) is 0 Å². The van der Waals surface area contributed by atoms with Gasteiger partial charge in [0.05, 0.1) is 11.7 Å². The van der Waals surface area contributed by atoms with E-state index >= 15 is 0 Å². The summed E-state index contributed by atoms with van der Waals surface area (Å²) in [5.41, 5.74) is 0.635. The van der Waals surface area contributed by atoms with Crippen molar-refractivity contribution in [1.29, 1.82) is 0 Å². The summed E-state index contributed by atoms with van der Waals surface area (Å²) in [5.74, 6) is 0. The highest BCUT2D eigenvalue weighted by molar-refractivity contribution is 9.10. The summed E-state index contributed by atoms with van der Waals surface area (Å²) in [7, 11) is 1.82. The highest BCUT2D eigenvalue weighted by atomic mass is 79.9. The van der Waals surface area contributed by atoms with Crippen LogP contribution >= 0.6 is 27.5 Å². The molecule has 1 atom stereocenters. The Morgan fingerprint density at radius 3 is 2.74 bits per heavy atom. The van der Waals surface area contributed by atoms with Gasteiger partial charge in [-0.3, -0.25) is 0 Å². The van der Waals surface area contributed by atoms with Crippen LogP contribution in [0.2, 0.25) is 5.02 Å². The van der Waals surface area contributed by atoms with Gasteiger partial charge in [0.15, 0.2) is 0 Å². The van der Waals surface area contributed by atoms with Crippen molar-refractivity contribution in [2.75, 3.05) is 25.0 Å². The number of amides is 1. The van der Waals surface area contributed by atoms with Crippen LogP contribution in [0.4, 0.5) is 10.5 Å². The number of carbonyl (C=O) groups is 1. The molecule has 0 unspecified atom stereocenters. The van der Waals surface area contributed by atoms with Gasteiger partial charge in [-0.1, -0.05) is 11.6 Å². The van der Waals surface area contributed by atoms with E-state index in [0.29, 0.717) is 5.02 Å². The summed E-state index contributed by atoms with van der Waals surface area (Å²) in [5, 5.41) is 0.708. The third-order valence-corrected chi connectivity index (χ3v) is 4.75. The Morgan fingerprint density at radius 2 is 2.13 bits per heavy atom. The van der Waals surface area contributed by atoms with Crippen LogP contribution in [-0.4, -0.2) is 42.8 Å². The Hall–Kier alpha value is -0.940. The summed E-state index contributed by atoms with van der Waals surface area (Å²) >= 11 is 9.60. The molecule has 1 saturated heterocycles. The second-order valence-corrected chi connectivity index (χ2v) is 8.22. The van der Waals surface area contributed by atoms with E-state index in [1.165, 1.54) is 0 Å². The minimum Gasteiger partial charge on any atom is -0.444 e. The second kappa shape index (κ2) is 7.31. The van der Waals surface area contributed by atoms with Gasteiger partial charge in [-0.15, -0.1) is 0 Å². The van der Waals surface area contributed by atoms with Gasteiger partial charge >= 0.3 is 6.09 Å². The van der Waals surface area contributed by atoms with Crippen molar-refractivity contribution in [2.24, 2.45) is 0 Å². The van der Waals surface area contributed by atoms with Crippen LogP contribution in [-0.2, 0) is 4.74 Å². The van der Waals surface area contributed by atoms with Crippen LogP contribution in [0.5, 0.6) is 0 Å². The molecule has 0 spiro atoms. The van der Waals surface area contributed by atoms with Gasteiger partial charge in [0.1, 0.15) is 5.60 Å². The average molecular weight is 404 g/mol. The highest BCUT2D eigenvalue weighted by Gasteiger charge is 2.29. The molecule has 0 N–H and O–H groups in total. The Kier molecular flexibility index (Phi) is 5.84. The number of anilines is 1. The molecule has 6 heteroatoms. The molecule has 0 bridgehead atoms. The van der Waals surface area contributed by atoms with Gasteiger partial charge < -0.3 is 14.5 Å². The highest BCUT2D eigenvalue weighted by Crippen LogP contribution is 2.31. The zero-order valence-electron chi connectivity index (χ0n) is 14.1.